The molecule has 5 atom stereocenters. The Morgan fingerprint density at radius 2 is 1.82 bits per heavy atom. The molecule has 0 spiro atoms. The van der Waals surface area contributed by atoms with Crippen LogP contribution >= 0.6 is 0 Å². The van der Waals surface area contributed by atoms with E-state index in [0.717, 1.165) is 80.3 Å². The molecule has 2 bridgehead atoms. The molecule has 4 heterocycles. The zero-order valence-corrected chi connectivity index (χ0v) is 26.5. The van der Waals surface area contributed by atoms with Crippen molar-refractivity contribution in [2.75, 3.05) is 19.6 Å². The van der Waals surface area contributed by atoms with Gasteiger partial charge in [0.1, 0.15) is 36.1 Å². The summed E-state index contributed by atoms with van der Waals surface area (Å²) < 4.78 is 19.0. The molecule has 6 rings (SSSR count). The number of aliphatic carboxylic acids is 1. The van der Waals surface area contributed by atoms with E-state index in [0.29, 0.717) is 18.2 Å². The zero-order valence-electron chi connectivity index (χ0n) is 26.5. The molecule has 45 heavy (non-hydrogen) atoms. The Balaban J connectivity index is 1.37. The third-order valence-electron chi connectivity index (χ3n) is 9.58. The molecule has 11 nitrogen and oxygen atoms in total. The van der Waals surface area contributed by atoms with Gasteiger partial charge in [0, 0.05) is 11.8 Å². The molecular formula is C34H46N4O7. The highest BCUT2D eigenvalue weighted by molar-refractivity contribution is 5.91. The van der Waals surface area contributed by atoms with Crippen LogP contribution in [-0.2, 0) is 20.7 Å². The third kappa shape index (κ3) is 7.13. The predicted molar refractivity (Wildman–Crippen MR) is 167 cm³/mol. The summed E-state index contributed by atoms with van der Waals surface area (Å²) in [4.78, 5) is 45.6. The van der Waals surface area contributed by atoms with Gasteiger partial charge in [-0.05, 0) is 75.1 Å². The molecule has 0 radical (unpaired) electrons. The van der Waals surface area contributed by atoms with E-state index in [1.165, 1.54) is 4.90 Å². The quantitative estimate of drug-likeness (QED) is 0.453. The molecule has 1 aromatic heterocycles. The second kappa shape index (κ2) is 13.0. The summed E-state index contributed by atoms with van der Waals surface area (Å²) in [6, 6.07) is 5.83. The Labute approximate surface area is 264 Å². The minimum atomic E-state index is -1.11. The first kappa shape index (κ1) is 31.4. The maximum atomic E-state index is 14.0. The van der Waals surface area contributed by atoms with Crippen molar-refractivity contribution >= 4 is 28.9 Å². The number of carboxylic acids is 1. The first-order chi connectivity index (χ1) is 21.6. The van der Waals surface area contributed by atoms with Crippen molar-refractivity contribution in [3.05, 3.63) is 29.8 Å². The molecule has 1 saturated carbocycles. The van der Waals surface area contributed by atoms with Gasteiger partial charge in [-0.3, -0.25) is 4.79 Å². The van der Waals surface area contributed by atoms with E-state index in [-0.39, 0.29) is 25.2 Å². The maximum absolute atomic E-state index is 14.0. The van der Waals surface area contributed by atoms with Gasteiger partial charge in [0.05, 0.1) is 17.6 Å². The number of carboxylic acid groups (broad SMARTS) is 1. The first-order valence-corrected chi connectivity index (χ1v) is 16.5. The number of carbonyl (C=O) groups is 3. The van der Waals surface area contributed by atoms with Crippen LogP contribution in [0.15, 0.2) is 24.3 Å². The average Bonchev–Trinajstić information content (AvgIpc) is 3.58. The van der Waals surface area contributed by atoms with E-state index in [1.54, 1.807) is 0 Å². The topological polar surface area (TPSA) is 139 Å². The van der Waals surface area contributed by atoms with Gasteiger partial charge >= 0.3 is 12.1 Å². The number of amides is 2. The zero-order chi connectivity index (χ0) is 31.7. The van der Waals surface area contributed by atoms with Crippen LogP contribution in [0.2, 0.25) is 0 Å². The second-order valence-corrected chi connectivity index (χ2v) is 14.1. The number of ether oxygens (including phenoxy) is 3. The molecule has 0 unspecified atom stereocenters. The molecule has 2 aromatic rings. The van der Waals surface area contributed by atoms with Gasteiger partial charge < -0.3 is 34.9 Å². The lowest BCUT2D eigenvalue weighted by Gasteiger charge is -2.34. The summed E-state index contributed by atoms with van der Waals surface area (Å²) in [5.41, 5.74) is 0.964. The molecule has 1 aliphatic carbocycles. The van der Waals surface area contributed by atoms with Crippen molar-refractivity contribution in [1.82, 2.24) is 20.5 Å². The lowest BCUT2D eigenvalue weighted by Crippen LogP contribution is -2.57. The maximum Gasteiger partial charge on any atom is 0.408 e. The SMILES string of the molecule is CC(C)(C)[C@@H]1NC(=O)O[C@@H]2C[C@H]2CCCCCc2c(nc3ccccc3c2OC2CCNCC2)O[C@@H]2C[C@@H](C(=O)O)N(C2)C1=O. The van der Waals surface area contributed by atoms with Gasteiger partial charge in [0.2, 0.25) is 11.8 Å². The average molecular weight is 623 g/mol. The Morgan fingerprint density at radius 3 is 2.58 bits per heavy atom. The van der Waals surface area contributed by atoms with E-state index in [1.807, 2.05) is 45.0 Å². The highest BCUT2D eigenvalue weighted by Gasteiger charge is 2.47. The molecule has 3 fully saturated rings. The number of nitrogens with one attached hydrogen (secondary N) is 2. The number of aromatic nitrogens is 1. The number of nitrogens with zero attached hydrogens (tertiary/aromatic N) is 2. The van der Waals surface area contributed by atoms with Gasteiger partial charge in [-0.15, -0.1) is 0 Å². The fraction of sp³-hybridized carbons (Fsp3) is 0.647. The van der Waals surface area contributed by atoms with Crippen molar-refractivity contribution < 1.29 is 33.7 Å². The van der Waals surface area contributed by atoms with E-state index in [4.69, 9.17) is 19.2 Å². The van der Waals surface area contributed by atoms with Crippen LogP contribution in [0, 0.1) is 11.3 Å². The number of para-hydroxylation sites is 1. The van der Waals surface area contributed by atoms with E-state index in [2.05, 4.69) is 10.6 Å². The molecule has 244 valence electrons. The van der Waals surface area contributed by atoms with E-state index in [9.17, 15) is 19.5 Å². The Bertz CT molecular complexity index is 1420. The third-order valence-corrected chi connectivity index (χ3v) is 9.58. The van der Waals surface area contributed by atoms with Crippen LogP contribution in [0.5, 0.6) is 11.6 Å². The summed E-state index contributed by atoms with van der Waals surface area (Å²) in [7, 11) is 0. The van der Waals surface area contributed by atoms with Crippen LogP contribution < -0.4 is 20.1 Å². The Kier molecular flexibility index (Phi) is 9.08. The predicted octanol–water partition coefficient (Wildman–Crippen LogP) is 4.44. The number of rotatable bonds is 3. The lowest BCUT2D eigenvalue weighted by atomic mass is 9.85. The number of alkyl carbamates (subject to hydrolysis) is 1. The van der Waals surface area contributed by atoms with Crippen LogP contribution in [0.3, 0.4) is 0 Å². The second-order valence-electron chi connectivity index (χ2n) is 14.1. The summed E-state index contributed by atoms with van der Waals surface area (Å²) in [5.74, 6) is -0.0254. The van der Waals surface area contributed by atoms with Crippen molar-refractivity contribution in [1.29, 1.82) is 0 Å². The summed E-state index contributed by atoms with van der Waals surface area (Å²) in [5, 5.41) is 17.3. The highest BCUT2D eigenvalue weighted by Crippen LogP contribution is 2.41. The van der Waals surface area contributed by atoms with Gasteiger partial charge in [-0.25, -0.2) is 14.6 Å². The lowest BCUT2D eigenvalue weighted by molar-refractivity contribution is -0.150. The molecule has 3 aliphatic heterocycles. The summed E-state index contributed by atoms with van der Waals surface area (Å²) in [6.45, 7) is 7.39. The van der Waals surface area contributed by atoms with Crippen molar-refractivity contribution in [2.45, 2.75) is 109 Å². The number of benzene rings is 1. The number of pyridine rings is 1. The van der Waals surface area contributed by atoms with Gasteiger partial charge in [0.15, 0.2) is 0 Å². The summed E-state index contributed by atoms with van der Waals surface area (Å²) in [6.07, 6.45) is 5.97. The van der Waals surface area contributed by atoms with E-state index >= 15 is 0 Å². The molecule has 2 saturated heterocycles. The van der Waals surface area contributed by atoms with Crippen LogP contribution in [0.25, 0.3) is 10.9 Å². The molecule has 2 amide bonds. The van der Waals surface area contributed by atoms with Crippen LogP contribution in [0.4, 0.5) is 4.79 Å². The first-order valence-electron chi connectivity index (χ1n) is 16.5. The van der Waals surface area contributed by atoms with Gasteiger partial charge in [-0.2, -0.15) is 0 Å². The van der Waals surface area contributed by atoms with E-state index < -0.39 is 41.6 Å². The molecule has 1 aromatic carbocycles. The molecule has 3 N–H and O–H groups in total. The fourth-order valence-corrected chi connectivity index (χ4v) is 6.91. The molecule has 4 aliphatic rings. The van der Waals surface area contributed by atoms with Crippen LogP contribution in [-0.4, -0.2) is 83.0 Å². The normalized spacial score (nSPS) is 28.5. The Morgan fingerprint density at radius 1 is 1.04 bits per heavy atom. The Hall–Kier alpha value is -3.60. The summed E-state index contributed by atoms with van der Waals surface area (Å²) >= 11 is 0. The molecular weight excluding hydrogens is 576 g/mol. The van der Waals surface area contributed by atoms with Crippen molar-refractivity contribution in [2.24, 2.45) is 11.3 Å². The van der Waals surface area contributed by atoms with Crippen molar-refractivity contribution in [3.8, 4) is 11.6 Å². The largest absolute Gasteiger partial charge is 0.489 e. The number of fused-ring (bicyclic) bond motifs is 5. The van der Waals surface area contributed by atoms with Crippen LogP contribution in [0.1, 0.15) is 77.7 Å². The number of hydrogen-bond acceptors (Lipinski definition) is 8. The minimum Gasteiger partial charge on any atom is -0.489 e. The fourth-order valence-electron chi connectivity index (χ4n) is 6.91. The van der Waals surface area contributed by atoms with Crippen molar-refractivity contribution in [3.63, 3.8) is 0 Å². The monoisotopic (exact) mass is 622 g/mol. The minimum absolute atomic E-state index is 0.0578. The molecule has 11 heteroatoms. The number of hydrogen-bond donors (Lipinski definition) is 3. The van der Waals surface area contributed by atoms with Gasteiger partial charge in [0.25, 0.3) is 0 Å². The number of carbonyl (C=O) groups excluding carboxylic acids is 2. The van der Waals surface area contributed by atoms with Gasteiger partial charge in [-0.1, -0.05) is 45.7 Å². The number of piperidine rings is 1. The highest BCUT2D eigenvalue weighted by atomic mass is 16.6. The smallest absolute Gasteiger partial charge is 0.408 e. The standard InChI is InChI=1S/C34H46N4O7/c1-34(2,3)29-31(39)38-19-22(18-26(38)32(40)41)44-30-24(11-6-4-5-9-20-17-27(20)45-33(42)37-29)28(43-21-13-15-35-16-14-21)23-10-7-8-12-25(23)36-30/h7-8,10,12,20-22,26-27,29,35H,4-6,9,11,13-19H2,1-3H3,(H,37,42)(H,40,41)/t20-,22-,26+,27-,29-/m1/s1.